The van der Waals surface area contributed by atoms with E-state index in [0.29, 0.717) is 28.6 Å². The Balaban J connectivity index is 1.62. The second kappa shape index (κ2) is 9.75. The first kappa shape index (κ1) is 21.8. The average molecular weight is 445 g/mol. The second-order valence-electron chi connectivity index (χ2n) is 6.43. The number of anilines is 1. The highest BCUT2D eigenvalue weighted by Gasteiger charge is 2.12. The molecule has 8 heteroatoms. The lowest BCUT2D eigenvalue weighted by molar-refractivity contribution is -0.116. The van der Waals surface area contributed by atoms with E-state index in [4.69, 9.17) is 16.3 Å². The van der Waals surface area contributed by atoms with Crippen LogP contribution in [0.5, 0.6) is 11.5 Å². The maximum absolute atomic E-state index is 12.4. The van der Waals surface area contributed by atoms with E-state index in [1.54, 1.807) is 42.5 Å². The molecule has 0 aliphatic carbocycles. The molecule has 0 saturated heterocycles. The predicted molar refractivity (Wildman–Crippen MR) is 118 cm³/mol. The SMILES string of the molecule is CNS(=O)(=O)c1ccc(CCC(=O)Nc2ccccc2Oc2ccccc2Cl)cc1. The third-order valence-electron chi connectivity index (χ3n) is 4.36. The molecule has 0 heterocycles. The van der Waals surface area contributed by atoms with Gasteiger partial charge >= 0.3 is 0 Å². The molecule has 30 heavy (non-hydrogen) atoms. The summed E-state index contributed by atoms with van der Waals surface area (Å²) in [6.07, 6.45) is 0.706. The number of ether oxygens (including phenoxy) is 1. The molecule has 0 atom stereocenters. The van der Waals surface area contributed by atoms with Gasteiger partial charge < -0.3 is 10.1 Å². The summed E-state index contributed by atoms with van der Waals surface area (Å²) in [5.74, 6) is 0.801. The third kappa shape index (κ3) is 5.60. The highest BCUT2D eigenvalue weighted by Crippen LogP contribution is 2.33. The molecular formula is C22H21ClN2O4S. The van der Waals surface area contributed by atoms with E-state index in [1.807, 2.05) is 18.2 Å². The number of benzene rings is 3. The summed E-state index contributed by atoms with van der Waals surface area (Å²) in [4.78, 5) is 12.6. The lowest BCUT2D eigenvalue weighted by Crippen LogP contribution is -2.18. The van der Waals surface area contributed by atoms with Gasteiger partial charge in [-0.25, -0.2) is 13.1 Å². The standard InChI is InChI=1S/C22H21ClN2O4S/c1-24-30(27,28)17-13-10-16(11-14-17)12-15-22(26)25-19-7-3-5-9-21(19)29-20-8-4-2-6-18(20)23/h2-11,13-14,24H,12,15H2,1H3,(H,25,26). The Kier molecular flexibility index (Phi) is 7.10. The van der Waals surface area contributed by atoms with Crippen LogP contribution in [0.4, 0.5) is 5.69 Å². The Bertz CT molecular complexity index is 1130. The molecule has 3 aromatic rings. The Labute approximate surface area is 180 Å². The summed E-state index contributed by atoms with van der Waals surface area (Å²) in [6, 6.07) is 20.7. The molecule has 2 N–H and O–H groups in total. The number of nitrogens with one attached hydrogen (secondary N) is 2. The predicted octanol–water partition coefficient (Wildman–Crippen LogP) is 4.61. The first-order chi connectivity index (χ1) is 14.4. The summed E-state index contributed by atoms with van der Waals surface area (Å²) in [5.41, 5.74) is 1.40. The van der Waals surface area contributed by atoms with Crippen LogP contribution in [0.3, 0.4) is 0 Å². The van der Waals surface area contributed by atoms with Crippen LogP contribution in [0.2, 0.25) is 5.02 Å². The van der Waals surface area contributed by atoms with Crippen molar-refractivity contribution in [3.05, 3.63) is 83.4 Å². The largest absolute Gasteiger partial charge is 0.454 e. The third-order valence-corrected chi connectivity index (χ3v) is 6.10. The van der Waals surface area contributed by atoms with Gasteiger partial charge in [0.1, 0.15) is 5.75 Å². The zero-order chi connectivity index (χ0) is 21.6. The summed E-state index contributed by atoms with van der Waals surface area (Å²) < 4.78 is 31.7. The van der Waals surface area contributed by atoms with Crippen LogP contribution in [0.15, 0.2) is 77.7 Å². The van der Waals surface area contributed by atoms with E-state index < -0.39 is 10.0 Å². The Morgan fingerprint density at radius 3 is 2.23 bits per heavy atom. The number of sulfonamides is 1. The minimum absolute atomic E-state index is 0.183. The van der Waals surface area contributed by atoms with Gasteiger partial charge in [0.25, 0.3) is 0 Å². The summed E-state index contributed by atoms with van der Waals surface area (Å²) in [5, 5.41) is 3.33. The Morgan fingerprint density at radius 1 is 0.933 bits per heavy atom. The maximum Gasteiger partial charge on any atom is 0.240 e. The van der Waals surface area contributed by atoms with Gasteiger partial charge in [-0.05, 0) is 55.4 Å². The Hall–Kier alpha value is -2.87. The fourth-order valence-electron chi connectivity index (χ4n) is 2.73. The lowest BCUT2D eigenvalue weighted by atomic mass is 10.1. The monoisotopic (exact) mass is 444 g/mol. The number of halogens is 1. The molecule has 0 unspecified atom stereocenters. The van der Waals surface area contributed by atoms with Crippen molar-refractivity contribution in [3.8, 4) is 11.5 Å². The summed E-state index contributed by atoms with van der Waals surface area (Å²) >= 11 is 6.14. The number of para-hydroxylation sites is 3. The van der Waals surface area contributed by atoms with Gasteiger partial charge in [-0.2, -0.15) is 0 Å². The van der Waals surface area contributed by atoms with E-state index in [2.05, 4.69) is 10.0 Å². The minimum atomic E-state index is -3.47. The van der Waals surface area contributed by atoms with Crippen molar-refractivity contribution in [2.45, 2.75) is 17.7 Å². The smallest absolute Gasteiger partial charge is 0.240 e. The van der Waals surface area contributed by atoms with Gasteiger partial charge in [0.15, 0.2) is 5.75 Å². The molecule has 0 radical (unpaired) electrons. The van der Waals surface area contributed by atoms with Crippen LogP contribution in [0.1, 0.15) is 12.0 Å². The van der Waals surface area contributed by atoms with Crippen LogP contribution < -0.4 is 14.8 Å². The Morgan fingerprint density at radius 2 is 1.57 bits per heavy atom. The zero-order valence-electron chi connectivity index (χ0n) is 16.3. The number of carbonyl (C=O) groups is 1. The van der Waals surface area contributed by atoms with Crippen molar-refractivity contribution in [1.82, 2.24) is 4.72 Å². The van der Waals surface area contributed by atoms with E-state index in [9.17, 15) is 13.2 Å². The number of rotatable bonds is 8. The van der Waals surface area contributed by atoms with Gasteiger partial charge in [0.05, 0.1) is 15.6 Å². The molecule has 0 aromatic heterocycles. The van der Waals surface area contributed by atoms with Crippen LogP contribution in [0.25, 0.3) is 0 Å². The molecule has 3 aromatic carbocycles. The first-order valence-corrected chi connectivity index (χ1v) is 11.1. The van der Waals surface area contributed by atoms with Crippen molar-refractivity contribution in [3.63, 3.8) is 0 Å². The van der Waals surface area contributed by atoms with Crippen LogP contribution >= 0.6 is 11.6 Å². The van der Waals surface area contributed by atoms with Crippen molar-refractivity contribution in [2.75, 3.05) is 12.4 Å². The zero-order valence-corrected chi connectivity index (χ0v) is 17.8. The van der Waals surface area contributed by atoms with Crippen molar-refractivity contribution < 1.29 is 17.9 Å². The van der Waals surface area contributed by atoms with Crippen LogP contribution in [-0.2, 0) is 21.2 Å². The van der Waals surface area contributed by atoms with Crippen LogP contribution in [-0.4, -0.2) is 21.4 Å². The summed E-state index contributed by atoms with van der Waals surface area (Å²) in [6.45, 7) is 0. The number of amides is 1. The van der Waals surface area contributed by atoms with Crippen molar-refractivity contribution in [1.29, 1.82) is 0 Å². The average Bonchev–Trinajstić information content (AvgIpc) is 2.75. The van der Waals surface area contributed by atoms with Gasteiger partial charge in [-0.1, -0.05) is 48.0 Å². The molecular weight excluding hydrogens is 424 g/mol. The normalized spacial score (nSPS) is 11.1. The molecule has 0 bridgehead atoms. The summed E-state index contributed by atoms with van der Waals surface area (Å²) in [7, 11) is -2.11. The van der Waals surface area contributed by atoms with Crippen molar-refractivity contribution >= 4 is 33.2 Å². The molecule has 0 fully saturated rings. The number of hydrogen-bond acceptors (Lipinski definition) is 4. The molecule has 6 nitrogen and oxygen atoms in total. The van der Waals surface area contributed by atoms with E-state index >= 15 is 0 Å². The maximum atomic E-state index is 12.4. The minimum Gasteiger partial charge on any atom is -0.454 e. The fraction of sp³-hybridized carbons (Fsp3) is 0.136. The molecule has 0 spiro atoms. The van der Waals surface area contributed by atoms with E-state index in [1.165, 1.54) is 19.2 Å². The number of carbonyl (C=O) groups excluding carboxylic acids is 1. The first-order valence-electron chi connectivity index (χ1n) is 9.23. The van der Waals surface area contributed by atoms with Crippen molar-refractivity contribution in [2.24, 2.45) is 0 Å². The molecule has 3 rings (SSSR count). The topological polar surface area (TPSA) is 84.5 Å². The quantitative estimate of drug-likeness (QED) is 0.531. The molecule has 0 aliphatic heterocycles. The molecule has 0 aliphatic rings. The number of hydrogen-bond donors (Lipinski definition) is 2. The second-order valence-corrected chi connectivity index (χ2v) is 8.72. The highest BCUT2D eigenvalue weighted by molar-refractivity contribution is 7.89. The fourth-order valence-corrected chi connectivity index (χ4v) is 3.63. The molecule has 1 amide bonds. The number of aryl methyl sites for hydroxylation is 1. The van der Waals surface area contributed by atoms with Gasteiger partial charge in [0, 0.05) is 6.42 Å². The highest BCUT2D eigenvalue weighted by atomic mass is 35.5. The van der Waals surface area contributed by atoms with E-state index in [0.717, 1.165) is 5.56 Å². The van der Waals surface area contributed by atoms with Crippen LogP contribution in [0, 0.1) is 0 Å². The lowest BCUT2D eigenvalue weighted by Gasteiger charge is -2.13. The van der Waals surface area contributed by atoms with Gasteiger partial charge in [-0.3, -0.25) is 4.79 Å². The molecule has 156 valence electrons. The van der Waals surface area contributed by atoms with Gasteiger partial charge in [0.2, 0.25) is 15.9 Å². The van der Waals surface area contributed by atoms with E-state index in [-0.39, 0.29) is 17.2 Å². The molecule has 0 saturated carbocycles. The van der Waals surface area contributed by atoms with Gasteiger partial charge in [-0.15, -0.1) is 0 Å².